The van der Waals surface area contributed by atoms with Crippen molar-refractivity contribution < 1.29 is 9.53 Å². The first-order valence-electron chi connectivity index (χ1n) is 6.15. The number of allylic oxidation sites excluding steroid dienone is 1. The molecule has 1 aromatic heterocycles. The molecule has 5 nitrogen and oxygen atoms in total. The minimum absolute atomic E-state index is 0.149. The lowest BCUT2D eigenvalue weighted by atomic mass is 10.1. The van der Waals surface area contributed by atoms with Crippen molar-refractivity contribution in [2.45, 2.75) is 0 Å². The number of ketones is 1. The summed E-state index contributed by atoms with van der Waals surface area (Å²) in [5, 5.41) is 3.66. The summed E-state index contributed by atoms with van der Waals surface area (Å²) in [6.07, 6.45) is 4.89. The Morgan fingerprint density at radius 2 is 2.15 bits per heavy atom. The highest BCUT2D eigenvalue weighted by atomic mass is 35.5. The molecular weight excluding hydrogens is 278 g/mol. The highest BCUT2D eigenvalue weighted by Gasteiger charge is 2.23. The molecule has 20 heavy (non-hydrogen) atoms. The van der Waals surface area contributed by atoms with Gasteiger partial charge in [0.15, 0.2) is 5.70 Å². The van der Waals surface area contributed by atoms with Crippen molar-refractivity contribution in [3.05, 3.63) is 59.5 Å². The molecule has 0 atom stereocenters. The van der Waals surface area contributed by atoms with E-state index in [4.69, 9.17) is 16.3 Å². The quantitative estimate of drug-likeness (QED) is 0.695. The van der Waals surface area contributed by atoms with E-state index in [0.29, 0.717) is 35.3 Å². The molecular formula is C14H12ClN3O2. The maximum absolute atomic E-state index is 12.7. The maximum Gasteiger partial charge on any atom is 0.216 e. The molecule has 1 aliphatic rings. The molecule has 0 unspecified atom stereocenters. The second-order valence-corrected chi connectivity index (χ2v) is 4.70. The Kier molecular flexibility index (Phi) is 3.43. The SMILES string of the molecule is O=C(/C(=C1\NCCO1)n1ccnc1)c1ccc(Cl)cc1. The predicted octanol–water partition coefficient (Wildman–Crippen LogP) is 2.17. The summed E-state index contributed by atoms with van der Waals surface area (Å²) in [4.78, 5) is 16.6. The van der Waals surface area contributed by atoms with Gasteiger partial charge in [-0.05, 0) is 24.3 Å². The summed E-state index contributed by atoms with van der Waals surface area (Å²) in [7, 11) is 0. The van der Waals surface area contributed by atoms with Crippen molar-refractivity contribution >= 4 is 23.1 Å². The fourth-order valence-electron chi connectivity index (χ4n) is 1.99. The third-order valence-electron chi connectivity index (χ3n) is 2.93. The Balaban J connectivity index is 2.04. The van der Waals surface area contributed by atoms with Crippen LogP contribution in [0.3, 0.4) is 0 Å². The fourth-order valence-corrected chi connectivity index (χ4v) is 2.11. The van der Waals surface area contributed by atoms with E-state index in [1.807, 2.05) is 0 Å². The summed E-state index contributed by atoms with van der Waals surface area (Å²) < 4.78 is 7.12. The van der Waals surface area contributed by atoms with Crippen molar-refractivity contribution in [1.29, 1.82) is 0 Å². The Bertz CT molecular complexity index is 640. The molecule has 1 N–H and O–H groups in total. The van der Waals surface area contributed by atoms with Gasteiger partial charge in [0.25, 0.3) is 0 Å². The number of nitrogens with one attached hydrogen (secondary N) is 1. The van der Waals surface area contributed by atoms with Crippen molar-refractivity contribution in [3.8, 4) is 0 Å². The Morgan fingerprint density at radius 3 is 2.75 bits per heavy atom. The van der Waals surface area contributed by atoms with Crippen LogP contribution >= 0.6 is 11.6 Å². The van der Waals surface area contributed by atoms with E-state index in [1.165, 1.54) is 0 Å². The molecule has 3 rings (SSSR count). The minimum atomic E-state index is -0.149. The van der Waals surface area contributed by atoms with Gasteiger partial charge in [-0.25, -0.2) is 4.98 Å². The summed E-state index contributed by atoms with van der Waals surface area (Å²) in [6, 6.07) is 6.76. The Hall–Kier alpha value is -2.27. The molecule has 1 saturated heterocycles. The number of hydrogen-bond donors (Lipinski definition) is 1. The monoisotopic (exact) mass is 289 g/mol. The van der Waals surface area contributed by atoms with Crippen molar-refractivity contribution in [2.24, 2.45) is 0 Å². The van der Waals surface area contributed by atoms with Crippen molar-refractivity contribution in [1.82, 2.24) is 14.9 Å². The van der Waals surface area contributed by atoms with E-state index in [1.54, 1.807) is 47.6 Å². The van der Waals surface area contributed by atoms with Gasteiger partial charge in [0.2, 0.25) is 11.7 Å². The van der Waals surface area contributed by atoms with Gasteiger partial charge in [-0.2, -0.15) is 0 Å². The van der Waals surface area contributed by atoms with E-state index < -0.39 is 0 Å². The number of Topliss-reactive ketones (excluding diaryl/α,β-unsaturated/α-hetero) is 1. The Morgan fingerprint density at radius 1 is 1.35 bits per heavy atom. The standard InChI is InChI=1S/C14H12ClN3O2/c15-11-3-1-10(2-4-11)13(19)12(14-17-6-8-20-14)18-7-5-16-9-18/h1-5,7,9,17H,6,8H2/b14-12-. The molecule has 0 bridgehead atoms. The first-order valence-corrected chi connectivity index (χ1v) is 6.53. The predicted molar refractivity (Wildman–Crippen MR) is 75.2 cm³/mol. The van der Waals surface area contributed by atoms with Crippen LogP contribution in [0.1, 0.15) is 10.4 Å². The molecule has 0 amide bonds. The number of benzene rings is 1. The smallest absolute Gasteiger partial charge is 0.216 e. The van der Waals surface area contributed by atoms with E-state index >= 15 is 0 Å². The maximum atomic E-state index is 12.7. The number of imidazole rings is 1. The second kappa shape index (κ2) is 5.38. The number of hydrogen-bond acceptors (Lipinski definition) is 4. The number of nitrogens with zero attached hydrogens (tertiary/aromatic N) is 2. The number of carbonyl (C=O) groups is 1. The topological polar surface area (TPSA) is 56.1 Å². The van der Waals surface area contributed by atoms with Crippen LogP contribution in [0.25, 0.3) is 5.70 Å². The average Bonchev–Trinajstić information content (AvgIpc) is 3.13. The first kappa shape index (κ1) is 12.7. The number of aromatic nitrogens is 2. The van der Waals surface area contributed by atoms with Gasteiger partial charge in [-0.15, -0.1) is 0 Å². The van der Waals surface area contributed by atoms with Gasteiger partial charge < -0.3 is 10.1 Å². The lowest BCUT2D eigenvalue weighted by molar-refractivity contribution is 0.104. The lowest BCUT2D eigenvalue weighted by Gasteiger charge is -2.11. The zero-order chi connectivity index (χ0) is 13.9. The highest BCUT2D eigenvalue weighted by Crippen LogP contribution is 2.20. The molecule has 0 saturated carbocycles. The molecule has 2 aromatic rings. The van der Waals surface area contributed by atoms with Crippen LogP contribution in [0, 0.1) is 0 Å². The van der Waals surface area contributed by atoms with E-state index in [9.17, 15) is 4.79 Å². The van der Waals surface area contributed by atoms with E-state index in [0.717, 1.165) is 0 Å². The number of ether oxygens (including phenoxy) is 1. The van der Waals surface area contributed by atoms with Gasteiger partial charge in [0.05, 0.1) is 12.9 Å². The van der Waals surface area contributed by atoms with Gasteiger partial charge in [-0.1, -0.05) is 11.6 Å². The highest BCUT2D eigenvalue weighted by molar-refractivity contribution is 6.31. The molecule has 1 aromatic carbocycles. The van der Waals surface area contributed by atoms with Gasteiger partial charge in [0, 0.05) is 23.0 Å². The number of rotatable bonds is 3. The van der Waals surface area contributed by atoms with Crippen LogP contribution < -0.4 is 5.32 Å². The van der Waals surface area contributed by atoms with Crippen LogP contribution in [0.4, 0.5) is 0 Å². The van der Waals surface area contributed by atoms with Crippen LogP contribution in [0.5, 0.6) is 0 Å². The summed E-state index contributed by atoms with van der Waals surface area (Å²) in [5.74, 6) is 0.326. The van der Waals surface area contributed by atoms with Crippen LogP contribution in [0.2, 0.25) is 5.02 Å². The average molecular weight is 290 g/mol. The molecule has 0 radical (unpaired) electrons. The third kappa shape index (κ3) is 2.40. The molecule has 1 aliphatic heterocycles. The summed E-state index contributed by atoms with van der Waals surface area (Å²) in [6.45, 7) is 1.23. The lowest BCUT2D eigenvalue weighted by Crippen LogP contribution is -2.16. The summed E-state index contributed by atoms with van der Waals surface area (Å²) in [5.41, 5.74) is 0.963. The number of halogens is 1. The van der Waals surface area contributed by atoms with Crippen LogP contribution in [-0.2, 0) is 4.74 Å². The zero-order valence-corrected chi connectivity index (χ0v) is 11.3. The zero-order valence-electron chi connectivity index (χ0n) is 10.5. The molecule has 1 fully saturated rings. The summed E-state index contributed by atoms with van der Waals surface area (Å²) >= 11 is 5.85. The first-order chi connectivity index (χ1) is 9.75. The number of carbonyl (C=O) groups excluding carboxylic acids is 1. The normalized spacial score (nSPS) is 16.4. The largest absolute Gasteiger partial charge is 0.476 e. The van der Waals surface area contributed by atoms with Crippen LogP contribution in [0.15, 0.2) is 48.9 Å². The third-order valence-corrected chi connectivity index (χ3v) is 3.19. The van der Waals surface area contributed by atoms with Crippen molar-refractivity contribution in [2.75, 3.05) is 13.2 Å². The molecule has 0 spiro atoms. The molecule has 0 aliphatic carbocycles. The van der Waals surface area contributed by atoms with Crippen LogP contribution in [-0.4, -0.2) is 28.5 Å². The van der Waals surface area contributed by atoms with Gasteiger partial charge in [0.1, 0.15) is 6.61 Å². The van der Waals surface area contributed by atoms with E-state index in [2.05, 4.69) is 10.3 Å². The van der Waals surface area contributed by atoms with Gasteiger partial charge >= 0.3 is 0 Å². The van der Waals surface area contributed by atoms with Gasteiger partial charge in [-0.3, -0.25) is 9.36 Å². The minimum Gasteiger partial charge on any atom is -0.476 e. The second-order valence-electron chi connectivity index (χ2n) is 4.26. The van der Waals surface area contributed by atoms with E-state index in [-0.39, 0.29) is 5.78 Å². The molecule has 2 heterocycles. The Labute approximate surface area is 120 Å². The molecule has 102 valence electrons. The van der Waals surface area contributed by atoms with Crippen molar-refractivity contribution in [3.63, 3.8) is 0 Å². The molecule has 6 heteroatoms. The fraction of sp³-hybridized carbons (Fsp3) is 0.143.